The lowest BCUT2D eigenvalue weighted by atomic mass is 9.83. The molecule has 1 N–H and O–H groups in total. The SMILES string of the molecule is CCCC(C)C(CNCCOC)c1cc(C)ccc1OC. The van der Waals surface area contributed by atoms with Gasteiger partial charge < -0.3 is 14.8 Å². The predicted octanol–water partition coefficient (Wildman–Crippen LogP) is 3.76. The van der Waals surface area contributed by atoms with Gasteiger partial charge in [-0.15, -0.1) is 0 Å². The smallest absolute Gasteiger partial charge is 0.122 e. The summed E-state index contributed by atoms with van der Waals surface area (Å²) in [5, 5.41) is 3.51. The van der Waals surface area contributed by atoms with Crippen LogP contribution in [0.4, 0.5) is 0 Å². The molecule has 2 unspecified atom stereocenters. The predicted molar refractivity (Wildman–Crippen MR) is 89.3 cm³/mol. The van der Waals surface area contributed by atoms with Crippen molar-refractivity contribution in [3.05, 3.63) is 29.3 Å². The van der Waals surface area contributed by atoms with Crippen molar-refractivity contribution in [2.75, 3.05) is 33.9 Å². The Bertz CT molecular complexity index is 406. The maximum Gasteiger partial charge on any atom is 0.122 e. The number of rotatable bonds is 10. The number of hydrogen-bond donors (Lipinski definition) is 1. The first-order valence-corrected chi connectivity index (χ1v) is 7.98. The number of methoxy groups -OCH3 is 2. The molecule has 0 aromatic heterocycles. The first-order chi connectivity index (χ1) is 10.1. The number of aryl methyl sites for hydroxylation is 1. The molecule has 2 atom stereocenters. The lowest BCUT2D eigenvalue weighted by Crippen LogP contribution is -2.28. The minimum Gasteiger partial charge on any atom is -0.496 e. The molecule has 0 aliphatic rings. The summed E-state index contributed by atoms with van der Waals surface area (Å²) < 4.78 is 10.7. The molecule has 0 bridgehead atoms. The van der Waals surface area contributed by atoms with Crippen LogP contribution in [-0.4, -0.2) is 33.9 Å². The molecule has 0 spiro atoms. The summed E-state index contributed by atoms with van der Waals surface area (Å²) in [6.45, 7) is 9.33. The second-order valence-electron chi connectivity index (χ2n) is 5.81. The monoisotopic (exact) mass is 293 g/mol. The molecule has 3 heteroatoms. The van der Waals surface area contributed by atoms with Crippen LogP contribution in [0.15, 0.2) is 18.2 Å². The van der Waals surface area contributed by atoms with Crippen molar-refractivity contribution in [2.24, 2.45) is 5.92 Å². The number of hydrogen-bond acceptors (Lipinski definition) is 3. The van der Waals surface area contributed by atoms with Crippen LogP contribution in [0.3, 0.4) is 0 Å². The summed E-state index contributed by atoms with van der Waals surface area (Å²) in [5.41, 5.74) is 2.61. The van der Waals surface area contributed by atoms with Gasteiger partial charge in [-0.3, -0.25) is 0 Å². The lowest BCUT2D eigenvalue weighted by molar-refractivity contribution is 0.197. The van der Waals surface area contributed by atoms with E-state index in [4.69, 9.17) is 9.47 Å². The van der Waals surface area contributed by atoms with Crippen molar-refractivity contribution < 1.29 is 9.47 Å². The standard InChI is InChI=1S/C18H31NO2/c1-6-7-15(3)17(13-19-10-11-20-4)16-12-14(2)8-9-18(16)21-5/h8-9,12,15,17,19H,6-7,10-11,13H2,1-5H3. The summed E-state index contributed by atoms with van der Waals surface area (Å²) >= 11 is 0. The van der Waals surface area contributed by atoms with E-state index in [0.717, 1.165) is 25.4 Å². The van der Waals surface area contributed by atoms with Crippen LogP contribution in [0.5, 0.6) is 5.75 Å². The van der Waals surface area contributed by atoms with Gasteiger partial charge >= 0.3 is 0 Å². The van der Waals surface area contributed by atoms with E-state index in [1.165, 1.54) is 24.0 Å². The Hall–Kier alpha value is -1.06. The Kier molecular flexibility index (Phi) is 8.40. The average Bonchev–Trinajstić information content (AvgIpc) is 2.47. The highest BCUT2D eigenvalue weighted by molar-refractivity contribution is 5.40. The summed E-state index contributed by atoms with van der Waals surface area (Å²) in [6.07, 6.45) is 2.44. The lowest BCUT2D eigenvalue weighted by Gasteiger charge is -2.26. The van der Waals surface area contributed by atoms with E-state index in [-0.39, 0.29) is 0 Å². The molecule has 0 saturated heterocycles. The van der Waals surface area contributed by atoms with Crippen molar-refractivity contribution in [3.63, 3.8) is 0 Å². The van der Waals surface area contributed by atoms with Gasteiger partial charge in [0, 0.05) is 26.1 Å². The molecule has 1 rings (SSSR count). The highest BCUT2D eigenvalue weighted by Gasteiger charge is 2.22. The largest absolute Gasteiger partial charge is 0.496 e. The maximum atomic E-state index is 5.58. The fraction of sp³-hybridized carbons (Fsp3) is 0.667. The van der Waals surface area contributed by atoms with Crippen LogP contribution in [0, 0.1) is 12.8 Å². The minimum absolute atomic E-state index is 0.469. The van der Waals surface area contributed by atoms with Crippen LogP contribution in [0.2, 0.25) is 0 Å². The van der Waals surface area contributed by atoms with Gasteiger partial charge in [-0.05, 0) is 24.5 Å². The molecular formula is C18H31NO2. The maximum absolute atomic E-state index is 5.58. The van der Waals surface area contributed by atoms with Crippen molar-refractivity contribution in [3.8, 4) is 5.75 Å². The summed E-state index contributed by atoms with van der Waals surface area (Å²) in [5.74, 6) is 2.10. The van der Waals surface area contributed by atoms with Gasteiger partial charge in [0.05, 0.1) is 13.7 Å². The molecule has 1 aromatic carbocycles. The Morgan fingerprint density at radius 3 is 2.62 bits per heavy atom. The number of benzene rings is 1. The fourth-order valence-corrected chi connectivity index (χ4v) is 2.85. The van der Waals surface area contributed by atoms with Gasteiger partial charge in [0.1, 0.15) is 5.75 Å². The minimum atomic E-state index is 0.469. The Balaban J connectivity index is 2.91. The molecule has 0 heterocycles. The highest BCUT2D eigenvalue weighted by Crippen LogP contribution is 2.34. The van der Waals surface area contributed by atoms with E-state index in [1.54, 1.807) is 14.2 Å². The molecule has 0 radical (unpaired) electrons. The van der Waals surface area contributed by atoms with Crippen LogP contribution < -0.4 is 10.1 Å². The van der Waals surface area contributed by atoms with Gasteiger partial charge in [0.2, 0.25) is 0 Å². The molecule has 1 aromatic rings. The van der Waals surface area contributed by atoms with Crippen LogP contribution >= 0.6 is 0 Å². The fourth-order valence-electron chi connectivity index (χ4n) is 2.85. The van der Waals surface area contributed by atoms with Crippen LogP contribution in [0.1, 0.15) is 43.7 Å². The van der Waals surface area contributed by atoms with E-state index in [2.05, 4.69) is 44.3 Å². The van der Waals surface area contributed by atoms with Crippen LogP contribution in [0.25, 0.3) is 0 Å². The zero-order valence-electron chi connectivity index (χ0n) is 14.2. The van der Waals surface area contributed by atoms with Crippen molar-refractivity contribution in [2.45, 2.75) is 39.5 Å². The summed E-state index contributed by atoms with van der Waals surface area (Å²) in [7, 11) is 3.50. The zero-order valence-corrected chi connectivity index (χ0v) is 14.2. The second kappa shape index (κ2) is 9.80. The van der Waals surface area contributed by atoms with Crippen molar-refractivity contribution >= 4 is 0 Å². The van der Waals surface area contributed by atoms with E-state index >= 15 is 0 Å². The van der Waals surface area contributed by atoms with Crippen molar-refractivity contribution in [1.29, 1.82) is 0 Å². The third-order valence-corrected chi connectivity index (χ3v) is 4.06. The molecule has 0 aliphatic carbocycles. The van der Waals surface area contributed by atoms with Gasteiger partial charge in [0.25, 0.3) is 0 Å². The zero-order chi connectivity index (χ0) is 15.7. The number of nitrogens with one attached hydrogen (secondary N) is 1. The molecule has 0 amide bonds. The molecule has 0 aliphatic heterocycles. The highest BCUT2D eigenvalue weighted by atomic mass is 16.5. The quantitative estimate of drug-likeness (QED) is 0.666. The number of ether oxygens (including phenoxy) is 2. The average molecular weight is 293 g/mol. The molecule has 3 nitrogen and oxygen atoms in total. The van der Waals surface area contributed by atoms with Gasteiger partial charge in [-0.25, -0.2) is 0 Å². The molecule has 120 valence electrons. The van der Waals surface area contributed by atoms with E-state index in [1.807, 2.05) is 0 Å². The second-order valence-corrected chi connectivity index (χ2v) is 5.81. The van der Waals surface area contributed by atoms with Crippen molar-refractivity contribution in [1.82, 2.24) is 5.32 Å². The Labute approximate surface area is 130 Å². The van der Waals surface area contributed by atoms with Gasteiger partial charge in [0.15, 0.2) is 0 Å². The Morgan fingerprint density at radius 1 is 1.24 bits per heavy atom. The van der Waals surface area contributed by atoms with E-state index in [0.29, 0.717) is 11.8 Å². The first kappa shape index (κ1) is 18.0. The summed E-state index contributed by atoms with van der Waals surface area (Å²) in [6, 6.07) is 6.47. The molecule has 0 fully saturated rings. The molecular weight excluding hydrogens is 262 g/mol. The van der Waals surface area contributed by atoms with Crippen LogP contribution in [-0.2, 0) is 4.74 Å². The Morgan fingerprint density at radius 2 is 2.00 bits per heavy atom. The van der Waals surface area contributed by atoms with Gasteiger partial charge in [-0.2, -0.15) is 0 Å². The van der Waals surface area contributed by atoms with Gasteiger partial charge in [-0.1, -0.05) is 44.4 Å². The summed E-state index contributed by atoms with van der Waals surface area (Å²) in [4.78, 5) is 0. The molecule has 21 heavy (non-hydrogen) atoms. The van der Waals surface area contributed by atoms with E-state index < -0.39 is 0 Å². The van der Waals surface area contributed by atoms with E-state index in [9.17, 15) is 0 Å². The first-order valence-electron chi connectivity index (χ1n) is 7.98. The third-order valence-electron chi connectivity index (χ3n) is 4.06. The third kappa shape index (κ3) is 5.68. The topological polar surface area (TPSA) is 30.5 Å². The normalized spacial score (nSPS) is 14.0. The molecule has 0 saturated carbocycles.